The van der Waals surface area contributed by atoms with E-state index in [1.54, 1.807) is 45.0 Å². The van der Waals surface area contributed by atoms with Gasteiger partial charge in [0, 0.05) is 28.8 Å². The molecule has 1 aliphatic rings. The molecule has 1 aromatic rings. The van der Waals surface area contributed by atoms with Crippen molar-refractivity contribution in [2.24, 2.45) is 0 Å². The minimum Gasteiger partial charge on any atom is -0.508 e. The van der Waals surface area contributed by atoms with E-state index in [1.165, 1.54) is 6.92 Å². The fraction of sp³-hybridized carbons (Fsp3) is 0.409. The minimum absolute atomic E-state index is 0.0378. The van der Waals surface area contributed by atoms with Gasteiger partial charge in [0.05, 0.1) is 0 Å². The van der Waals surface area contributed by atoms with E-state index in [4.69, 9.17) is 0 Å². The molecule has 150 valence electrons. The van der Waals surface area contributed by atoms with Gasteiger partial charge in [0.25, 0.3) is 5.91 Å². The molecule has 0 aromatic heterocycles. The van der Waals surface area contributed by atoms with Crippen molar-refractivity contribution in [1.82, 2.24) is 5.32 Å². The van der Waals surface area contributed by atoms with Gasteiger partial charge < -0.3 is 15.5 Å². The van der Waals surface area contributed by atoms with Crippen LogP contribution in [-0.4, -0.2) is 39.8 Å². The highest BCUT2D eigenvalue weighted by molar-refractivity contribution is 6.24. The summed E-state index contributed by atoms with van der Waals surface area (Å²) in [6.07, 6.45) is 0.748. The van der Waals surface area contributed by atoms with Crippen LogP contribution in [0.4, 0.5) is 0 Å². The molecule has 0 spiro atoms. The Balaban J connectivity index is 1.93. The van der Waals surface area contributed by atoms with Crippen molar-refractivity contribution in [3.63, 3.8) is 0 Å². The fourth-order valence-corrected chi connectivity index (χ4v) is 3.11. The maximum absolute atomic E-state index is 12.5. The van der Waals surface area contributed by atoms with Crippen LogP contribution in [0.1, 0.15) is 46.1 Å². The maximum Gasteiger partial charge on any atom is 0.251 e. The number of allylic oxidation sites excluding steroid dienone is 4. The molecule has 0 aliphatic heterocycles. The first-order valence-corrected chi connectivity index (χ1v) is 9.30. The van der Waals surface area contributed by atoms with Gasteiger partial charge in [0.2, 0.25) is 0 Å². The average Bonchev–Trinajstić information content (AvgIpc) is 2.66. The average molecular weight is 385 g/mol. The Morgan fingerprint density at radius 3 is 2.14 bits per heavy atom. The number of hydrogen-bond donors (Lipinski definition) is 3. The zero-order valence-electron chi connectivity index (χ0n) is 16.8. The second-order valence-corrected chi connectivity index (χ2v) is 7.46. The second kappa shape index (κ2) is 8.52. The number of benzene rings is 1. The van der Waals surface area contributed by atoms with Gasteiger partial charge >= 0.3 is 0 Å². The third kappa shape index (κ3) is 4.75. The molecule has 28 heavy (non-hydrogen) atoms. The molecule has 0 fully saturated rings. The van der Waals surface area contributed by atoms with Crippen molar-refractivity contribution < 1.29 is 24.6 Å². The number of ketones is 2. The highest BCUT2D eigenvalue weighted by Gasteiger charge is 2.33. The third-order valence-corrected chi connectivity index (χ3v) is 5.30. The van der Waals surface area contributed by atoms with Crippen molar-refractivity contribution in [2.75, 3.05) is 6.54 Å². The lowest BCUT2D eigenvalue weighted by molar-refractivity contribution is -0.138. The highest BCUT2D eigenvalue weighted by Crippen LogP contribution is 2.29. The van der Waals surface area contributed by atoms with Crippen LogP contribution in [-0.2, 0) is 20.8 Å². The van der Waals surface area contributed by atoms with Gasteiger partial charge in [-0.3, -0.25) is 14.4 Å². The number of carbonyl (C=O) groups is 3. The molecule has 0 radical (unpaired) electrons. The molecule has 1 atom stereocenters. The van der Waals surface area contributed by atoms with Crippen molar-refractivity contribution in [3.05, 3.63) is 52.1 Å². The van der Waals surface area contributed by atoms with Gasteiger partial charge in [0.1, 0.15) is 11.4 Å². The van der Waals surface area contributed by atoms with Gasteiger partial charge in [-0.25, -0.2) is 0 Å². The largest absolute Gasteiger partial charge is 0.508 e. The Hall–Kier alpha value is -2.73. The van der Waals surface area contributed by atoms with E-state index in [2.05, 4.69) is 5.32 Å². The van der Waals surface area contributed by atoms with Gasteiger partial charge in [-0.15, -0.1) is 0 Å². The SMILES string of the molecule is CC1=C(C)C(=O)C(CCC(C)(O)C(=O)NCCc2ccc(O)cc2)=C(C)C1=O. The molecule has 1 unspecified atom stereocenters. The van der Waals surface area contributed by atoms with Gasteiger partial charge in [-0.2, -0.15) is 0 Å². The topological polar surface area (TPSA) is 104 Å². The Bertz CT molecular complexity index is 859. The molecule has 0 bridgehead atoms. The monoisotopic (exact) mass is 385 g/mol. The number of phenols is 1. The summed E-state index contributed by atoms with van der Waals surface area (Å²) in [4.78, 5) is 37.0. The van der Waals surface area contributed by atoms with E-state index in [-0.39, 0.29) is 30.2 Å². The molecule has 0 saturated heterocycles. The number of aliphatic hydroxyl groups is 1. The molecule has 3 N–H and O–H groups in total. The predicted octanol–water partition coefficient (Wildman–Crippen LogP) is 2.39. The van der Waals surface area contributed by atoms with E-state index in [0.717, 1.165) is 5.56 Å². The van der Waals surface area contributed by atoms with E-state index < -0.39 is 11.5 Å². The summed E-state index contributed by atoms with van der Waals surface area (Å²) in [5.74, 6) is -0.706. The lowest BCUT2D eigenvalue weighted by atomic mass is 9.82. The Morgan fingerprint density at radius 1 is 0.964 bits per heavy atom. The van der Waals surface area contributed by atoms with Crippen molar-refractivity contribution in [1.29, 1.82) is 0 Å². The van der Waals surface area contributed by atoms with Crippen LogP contribution in [0, 0.1) is 0 Å². The zero-order valence-corrected chi connectivity index (χ0v) is 16.8. The number of hydrogen-bond acceptors (Lipinski definition) is 5. The predicted molar refractivity (Wildman–Crippen MR) is 106 cm³/mol. The number of aromatic hydroxyl groups is 1. The molecule has 1 aromatic carbocycles. The van der Waals surface area contributed by atoms with Crippen molar-refractivity contribution >= 4 is 17.5 Å². The van der Waals surface area contributed by atoms with Crippen LogP contribution in [0.3, 0.4) is 0 Å². The van der Waals surface area contributed by atoms with Crippen molar-refractivity contribution in [3.8, 4) is 5.75 Å². The van der Waals surface area contributed by atoms with Crippen molar-refractivity contribution in [2.45, 2.75) is 52.6 Å². The summed E-state index contributed by atoms with van der Waals surface area (Å²) in [7, 11) is 0. The van der Waals surface area contributed by atoms with Gasteiger partial charge in [-0.1, -0.05) is 12.1 Å². The second-order valence-electron chi connectivity index (χ2n) is 7.46. The van der Waals surface area contributed by atoms with Gasteiger partial charge in [0.15, 0.2) is 11.6 Å². The first-order valence-electron chi connectivity index (χ1n) is 9.30. The standard InChI is InChI=1S/C22H27NO5/c1-13-14(2)20(26)18(15(3)19(13)25)9-11-22(4,28)21(27)23-12-10-16-5-7-17(24)8-6-16/h5-8,24,28H,9-12H2,1-4H3,(H,23,27). The molecule has 2 rings (SSSR count). The van der Waals surface area contributed by atoms with Crippen LogP contribution in [0.15, 0.2) is 46.6 Å². The van der Waals surface area contributed by atoms with Crippen LogP contribution in [0.25, 0.3) is 0 Å². The lowest BCUT2D eigenvalue weighted by Gasteiger charge is -2.24. The van der Waals surface area contributed by atoms with E-state index in [0.29, 0.717) is 35.3 Å². The fourth-order valence-electron chi connectivity index (χ4n) is 3.11. The van der Waals surface area contributed by atoms with Crippen LogP contribution in [0.5, 0.6) is 5.75 Å². The lowest BCUT2D eigenvalue weighted by Crippen LogP contribution is -2.45. The summed E-state index contributed by atoms with van der Waals surface area (Å²) in [6, 6.07) is 6.67. The smallest absolute Gasteiger partial charge is 0.251 e. The number of nitrogens with one attached hydrogen (secondary N) is 1. The van der Waals surface area contributed by atoms with Gasteiger partial charge in [-0.05, 0) is 64.7 Å². The third-order valence-electron chi connectivity index (χ3n) is 5.30. The van der Waals surface area contributed by atoms with Crippen LogP contribution >= 0.6 is 0 Å². The first-order chi connectivity index (χ1) is 13.0. The number of rotatable bonds is 7. The first kappa shape index (κ1) is 21.6. The Morgan fingerprint density at radius 2 is 1.54 bits per heavy atom. The summed E-state index contributed by atoms with van der Waals surface area (Å²) < 4.78 is 0. The normalized spacial score (nSPS) is 17.0. The number of Topliss-reactive ketones (excluding diaryl/α,β-unsaturated/α-hetero) is 2. The molecular formula is C22H27NO5. The number of phenolic OH excluding ortho intramolecular Hbond substituents is 1. The van der Waals surface area contributed by atoms with E-state index in [9.17, 15) is 24.6 Å². The molecule has 0 saturated carbocycles. The number of amides is 1. The minimum atomic E-state index is -1.66. The molecule has 6 nitrogen and oxygen atoms in total. The quantitative estimate of drug-likeness (QED) is 0.625. The van der Waals surface area contributed by atoms with E-state index in [1.807, 2.05) is 0 Å². The summed E-state index contributed by atoms with van der Waals surface area (Å²) >= 11 is 0. The van der Waals surface area contributed by atoms with Crippen LogP contribution < -0.4 is 5.32 Å². The summed E-state index contributed by atoms with van der Waals surface area (Å²) in [6.45, 7) is 6.60. The zero-order chi connectivity index (χ0) is 21.1. The summed E-state index contributed by atoms with van der Waals surface area (Å²) in [5.41, 5.74) is 0.910. The van der Waals surface area contributed by atoms with Crippen LogP contribution in [0.2, 0.25) is 0 Å². The Labute approximate surface area is 165 Å². The Kier molecular flexibility index (Phi) is 6.56. The summed E-state index contributed by atoms with van der Waals surface area (Å²) in [5, 5.41) is 22.5. The molecule has 0 heterocycles. The highest BCUT2D eigenvalue weighted by atomic mass is 16.3. The molecule has 6 heteroatoms. The molecular weight excluding hydrogens is 358 g/mol. The number of carbonyl (C=O) groups excluding carboxylic acids is 3. The molecule has 1 aliphatic carbocycles. The van der Waals surface area contributed by atoms with E-state index >= 15 is 0 Å². The maximum atomic E-state index is 12.5. The molecule has 1 amide bonds.